The second-order valence-electron chi connectivity index (χ2n) is 4.50. The van der Waals surface area contributed by atoms with E-state index in [0.717, 1.165) is 35.3 Å². The average Bonchev–Trinajstić information content (AvgIpc) is 2.72. The van der Waals surface area contributed by atoms with E-state index in [4.69, 9.17) is 0 Å². The summed E-state index contributed by atoms with van der Waals surface area (Å²) >= 11 is 0. The maximum atomic E-state index is 11.4. The third-order valence-electron chi connectivity index (χ3n) is 3.12. The highest BCUT2D eigenvalue weighted by Gasteiger charge is 2.09. The second kappa shape index (κ2) is 5.17. The van der Waals surface area contributed by atoms with E-state index in [1.807, 2.05) is 35.1 Å². The molecule has 0 atom stereocenters. The number of benzene rings is 1. The first kappa shape index (κ1) is 12.6. The summed E-state index contributed by atoms with van der Waals surface area (Å²) in [5.74, 6) is 0.0930. The first-order valence-electron chi connectivity index (χ1n) is 6.27. The fourth-order valence-electron chi connectivity index (χ4n) is 2.07. The Balaban J connectivity index is 2.42. The Bertz CT molecular complexity index is 570. The molecule has 3 nitrogen and oxygen atoms in total. The molecule has 0 saturated carbocycles. The molecular formula is C15H18N2O. The zero-order valence-corrected chi connectivity index (χ0v) is 11.1. The molecular weight excluding hydrogens is 224 g/mol. The summed E-state index contributed by atoms with van der Waals surface area (Å²) in [4.78, 5) is 11.4. The Morgan fingerprint density at radius 3 is 2.83 bits per heavy atom. The lowest BCUT2D eigenvalue weighted by Gasteiger charge is -2.05. The molecule has 1 heterocycles. The zero-order valence-electron chi connectivity index (χ0n) is 11.1. The smallest absolute Gasteiger partial charge is 0.159 e. The van der Waals surface area contributed by atoms with E-state index in [9.17, 15) is 4.79 Å². The van der Waals surface area contributed by atoms with Gasteiger partial charge in [0.25, 0.3) is 0 Å². The van der Waals surface area contributed by atoms with Gasteiger partial charge in [0.1, 0.15) is 0 Å². The van der Waals surface area contributed by atoms with Crippen LogP contribution in [-0.4, -0.2) is 15.6 Å². The number of aromatic nitrogens is 2. The van der Waals surface area contributed by atoms with Crippen molar-refractivity contribution in [1.29, 1.82) is 0 Å². The fraction of sp³-hybridized carbons (Fsp3) is 0.333. The SMILES string of the molecule is CCCn1ncc(-c2cccc(C(C)=O)c2)c1C. The summed E-state index contributed by atoms with van der Waals surface area (Å²) in [6.07, 6.45) is 2.94. The molecule has 0 bridgehead atoms. The van der Waals surface area contributed by atoms with Crippen LogP contribution in [0.15, 0.2) is 30.5 Å². The number of Topliss-reactive ketones (excluding diaryl/α,β-unsaturated/α-hetero) is 1. The number of hydrogen-bond donors (Lipinski definition) is 0. The van der Waals surface area contributed by atoms with Crippen molar-refractivity contribution in [2.45, 2.75) is 33.7 Å². The van der Waals surface area contributed by atoms with Crippen molar-refractivity contribution < 1.29 is 4.79 Å². The van der Waals surface area contributed by atoms with Crippen LogP contribution >= 0.6 is 0 Å². The summed E-state index contributed by atoms with van der Waals surface area (Å²) in [6.45, 7) is 6.72. The van der Waals surface area contributed by atoms with Gasteiger partial charge in [-0.1, -0.05) is 25.1 Å². The molecule has 0 aliphatic carbocycles. The molecule has 2 aromatic rings. The monoisotopic (exact) mass is 242 g/mol. The molecule has 0 fully saturated rings. The van der Waals surface area contributed by atoms with Gasteiger partial charge in [-0.05, 0) is 31.9 Å². The van der Waals surface area contributed by atoms with Gasteiger partial charge in [0, 0.05) is 23.4 Å². The van der Waals surface area contributed by atoms with Gasteiger partial charge in [0.15, 0.2) is 5.78 Å². The normalized spacial score (nSPS) is 10.6. The number of nitrogens with zero attached hydrogens (tertiary/aromatic N) is 2. The van der Waals surface area contributed by atoms with E-state index in [1.165, 1.54) is 0 Å². The molecule has 94 valence electrons. The van der Waals surface area contributed by atoms with Crippen LogP contribution in [0.1, 0.15) is 36.3 Å². The van der Waals surface area contributed by atoms with Crippen LogP contribution in [0.25, 0.3) is 11.1 Å². The van der Waals surface area contributed by atoms with Crippen LogP contribution in [0.2, 0.25) is 0 Å². The number of carbonyl (C=O) groups excluding carboxylic acids is 1. The van der Waals surface area contributed by atoms with Gasteiger partial charge in [0.2, 0.25) is 0 Å². The molecule has 0 aliphatic heterocycles. The van der Waals surface area contributed by atoms with Crippen molar-refractivity contribution in [3.8, 4) is 11.1 Å². The number of ketones is 1. The maximum Gasteiger partial charge on any atom is 0.159 e. The van der Waals surface area contributed by atoms with Crippen LogP contribution in [0.5, 0.6) is 0 Å². The quantitative estimate of drug-likeness (QED) is 0.769. The van der Waals surface area contributed by atoms with E-state index in [1.54, 1.807) is 6.92 Å². The van der Waals surface area contributed by atoms with Gasteiger partial charge in [-0.2, -0.15) is 5.10 Å². The van der Waals surface area contributed by atoms with Crippen molar-refractivity contribution in [1.82, 2.24) is 9.78 Å². The minimum atomic E-state index is 0.0930. The molecule has 3 heteroatoms. The minimum Gasteiger partial charge on any atom is -0.295 e. The standard InChI is InChI=1S/C15H18N2O/c1-4-8-17-11(2)15(10-16-17)14-7-5-6-13(9-14)12(3)18/h5-7,9-10H,4,8H2,1-3H3. The van der Waals surface area contributed by atoms with Gasteiger partial charge in [-0.15, -0.1) is 0 Å². The minimum absolute atomic E-state index is 0.0930. The lowest BCUT2D eigenvalue weighted by Crippen LogP contribution is -2.01. The van der Waals surface area contributed by atoms with Gasteiger partial charge < -0.3 is 0 Å². The highest BCUT2D eigenvalue weighted by Crippen LogP contribution is 2.24. The van der Waals surface area contributed by atoms with E-state index < -0.39 is 0 Å². The summed E-state index contributed by atoms with van der Waals surface area (Å²) in [5, 5.41) is 4.39. The largest absolute Gasteiger partial charge is 0.295 e. The third kappa shape index (κ3) is 2.35. The van der Waals surface area contributed by atoms with Crippen LogP contribution in [0.3, 0.4) is 0 Å². The number of carbonyl (C=O) groups is 1. The second-order valence-corrected chi connectivity index (χ2v) is 4.50. The van der Waals surface area contributed by atoms with Crippen LogP contribution in [0.4, 0.5) is 0 Å². The van der Waals surface area contributed by atoms with Crippen LogP contribution < -0.4 is 0 Å². The summed E-state index contributed by atoms with van der Waals surface area (Å²) in [7, 11) is 0. The Morgan fingerprint density at radius 1 is 1.39 bits per heavy atom. The van der Waals surface area contributed by atoms with Crippen LogP contribution in [-0.2, 0) is 6.54 Å². The summed E-state index contributed by atoms with van der Waals surface area (Å²) in [6, 6.07) is 7.72. The number of rotatable bonds is 4. The Morgan fingerprint density at radius 2 is 2.17 bits per heavy atom. The topological polar surface area (TPSA) is 34.9 Å². The molecule has 0 aliphatic rings. The molecule has 0 spiro atoms. The van der Waals surface area contributed by atoms with Crippen molar-refractivity contribution in [2.24, 2.45) is 0 Å². The molecule has 0 N–H and O–H groups in total. The Hall–Kier alpha value is -1.90. The molecule has 0 radical (unpaired) electrons. The molecule has 0 unspecified atom stereocenters. The predicted molar refractivity (Wildman–Crippen MR) is 72.7 cm³/mol. The molecule has 0 amide bonds. The molecule has 1 aromatic heterocycles. The lowest BCUT2D eigenvalue weighted by molar-refractivity contribution is 0.101. The Labute approximate surface area is 107 Å². The molecule has 18 heavy (non-hydrogen) atoms. The average molecular weight is 242 g/mol. The van der Waals surface area contributed by atoms with E-state index in [2.05, 4.69) is 18.9 Å². The number of hydrogen-bond acceptors (Lipinski definition) is 2. The fourth-order valence-corrected chi connectivity index (χ4v) is 2.07. The number of aryl methyl sites for hydroxylation is 1. The molecule has 1 aromatic carbocycles. The van der Waals surface area contributed by atoms with Crippen molar-refractivity contribution in [3.63, 3.8) is 0 Å². The van der Waals surface area contributed by atoms with E-state index in [0.29, 0.717) is 0 Å². The third-order valence-corrected chi connectivity index (χ3v) is 3.12. The first-order valence-corrected chi connectivity index (χ1v) is 6.27. The van der Waals surface area contributed by atoms with E-state index in [-0.39, 0.29) is 5.78 Å². The van der Waals surface area contributed by atoms with E-state index >= 15 is 0 Å². The summed E-state index contributed by atoms with van der Waals surface area (Å²) < 4.78 is 2.01. The highest BCUT2D eigenvalue weighted by molar-refractivity contribution is 5.95. The lowest BCUT2D eigenvalue weighted by atomic mass is 10.0. The summed E-state index contributed by atoms with van der Waals surface area (Å²) in [5.41, 5.74) is 4.06. The van der Waals surface area contributed by atoms with Gasteiger partial charge in [-0.3, -0.25) is 9.48 Å². The van der Waals surface area contributed by atoms with Crippen LogP contribution in [0, 0.1) is 6.92 Å². The van der Waals surface area contributed by atoms with Gasteiger partial charge >= 0.3 is 0 Å². The molecule has 0 saturated heterocycles. The van der Waals surface area contributed by atoms with Gasteiger partial charge in [0.05, 0.1) is 6.20 Å². The molecule has 2 rings (SSSR count). The maximum absolute atomic E-state index is 11.4. The predicted octanol–water partition coefficient (Wildman–Crippen LogP) is 3.47. The van der Waals surface area contributed by atoms with Crippen molar-refractivity contribution >= 4 is 5.78 Å². The Kier molecular flexibility index (Phi) is 3.60. The zero-order chi connectivity index (χ0) is 13.1. The van der Waals surface area contributed by atoms with Gasteiger partial charge in [-0.25, -0.2) is 0 Å². The van der Waals surface area contributed by atoms with Crippen molar-refractivity contribution in [2.75, 3.05) is 0 Å². The highest BCUT2D eigenvalue weighted by atomic mass is 16.1. The van der Waals surface area contributed by atoms with Crippen molar-refractivity contribution in [3.05, 3.63) is 41.7 Å². The first-order chi connectivity index (χ1) is 8.63.